The molecule has 2 heterocycles. The van der Waals surface area contributed by atoms with Crippen molar-refractivity contribution in [3.63, 3.8) is 0 Å². The van der Waals surface area contributed by atoms with Gasteiger partial charge in [-0.3, -0.25) is 4.21 Å². The van der Waals surface area contributed by atoms with Crippen LogP contribution >= 0.6 is 0 Å². The first kappa shape index (κ1) is 11.9. The van der Waals surface area contributed by atoms with Crippen molar-refractivity contribution in [1.82, 2.24) is 5.32 Å². The molecule has 1 N–H and O–H groups in total. The number of para-hydroxylation sites is 1. The van der Waals surface area contributed by atoms with Crippen LogP contribution in [0.1, 0.15) is 18.4 Å². The molecule has 3 rings (SSSR count). The number of rotatable bonds is 3. The van der Waals surface area contributed by atoms with Crippen LogP contribution in [-0.2, 0) is 17.3 Å². The second-order valence-corrected chi connectivity index (χ2v) is 6.46. The van der Waals surface area contributed by atoms with Gasteiger partial charge in [-0.25, -0.2) is 0 Å². The second kappa shape index (κ2) is 5.24. The molecule has 1 aromatic heterocycles. The third-order valence-electron chi connectivity index (χ3n) is 3.53. The molecule has 4 heteroatoms. The first-order chi connectivity index (χ1) is 8.83. The highest BCUT2D eigenvalue weighted by Crippen LogP contribution is 2.21. The standard InChI is InChI=1S/C14H17NO2S/c16-18-7-5-12(6-8-18)15-9-11-10-17-14-4-2-1-3-13(11)14/h1-4,10,12,15H,5-9H2. The Hall–Kier alpha value is -1.13. The van der Waals surface area contributed by atoms with Crippen molar-refractivity contribution in [3.05, 3.63) is 36.1 Å². The Kier molecular flexibility index (Phi) is 3.48. The molecule has 0 amide bonds. The number of hydrogen-bond acceptors (Lipinski definition) is 3. The lowest BCUT2D eigenvalue weighted by atomic mass is 10.1. The quantitative estimate of drug-likeness (QED) is 0.925. The van der Waals surface area contributed by atoms with E-state index in [1.54, 1.807) is 0 Å². The lowest BCUT2D eigenvalue weighted by Gasteiger charge is -2.22. The summed E-state index contributed by atoms with van der Waals surface area (Å²) in [7, 11) is -0.582. The van der Waals surface area contributed by atoms with Crippen LogP contribution in [0.2, 0.25) is 0 Å². The molecule has 0 spiro atoms. The fraction of sp³-hybridized carbons (Fsp3) is 0.429. The Balaban J connectivity index is 1.64. The van der Waals surface area contributed by atoms with Gasteiger partial charge in [0.05, 0.1) is 6.26 Å². The van der Waals surface area contributed by atoms with E-state index in [2.05, 4.69) is 11.4 Å². The average Bonchev–Trinajstić information content (AvgIpc) is 2.82. The third kappa shape index (κ3) is 2.49. The van der Waals surface area contributed by atoms with Gasteiger partial charge in [-0.05, 0) is 18.9 Å². The van der Waals surface area contributed by atoms with Gasteiger partial charge >= 0.3 is 0 Å². The minimum absolute atomic E-state index is 0.497. The Morgan fingerprint density at radius 1 is 1.28 bits per heavy atom. The van der Waals surface area contributed by atoms with Crippen molar-refractivity contribution in [1.29, 1.82) is 0 Å². The molecule has 2 aromatic rings. The molecule has 1 fully saturated rings. The van der Waals surface area contributed by atoms with E-state index in [9.17, 15) is 4.21 Å². The molecule has 0 aliphatic carbocycles. The van der Waals surface area contributed by atoms with Crippen LogP contribution in [0.5, 0.6) is 0 Å². The van der Waals surface area contributed by atoms with E-state index in [0.717, 1.165) is 36.5 Å². The second-order valence-electron chi connectivity index (χ2n) is 4.76. The first-order valence-electron chi connectivity index (χ1n) is 6.36. The van der Waals surface area contributed by atoms with Crippen LogP contribution in [-0.4, -0.2) is 21.8 Å². The van der Waals surface area contributed by atoms with E-state index in [1.165, 1.54) is 10.9 Å². The Labute approximate surface area is 109 Å². The largest absolute Gasteiger partial charge is 0.464 e. The number of furan rings is 1. The molecule has 18 heavy (non-hydrogen) atoms. The number of benzene rings is 1. The van der Waals surface area contributed by atoms with Crippen LogP contribution < -0.4 is 5.32 Å². The molecule has 96 valence electrons. The molecular weight excluding hydrogens is 246 g/mol. The van der Waals surface area contributed by atoms with Crippen LogP contribution in [0.3, 0.4) is 0 Å². The van der Waals surface area contributed by atoms with E-state index in [-0.39, 0.29) is 0 Å². The number of hydrogen-bond donors (Lipinski definition) is 1. The van der Waals surface area contributed by atoms with E-state index < -0.39 is 10.8 Å². The van der Waals surface area contributed by atoms with E-state index in [1.807, 2.05) is 24.5 Å². The van der Waals surface area contributed by atoms with E-state index in [4.69, 9.17) is 4.42 Å². The third-order valence-corrected chi connectivity index (χ3v) is 4.91. The smallest absolute Gasteiger partial charge is 0.134 e. The fourth-order valence-electron chi connectivity index (χ4n) is 2.42. The topological polar surface area (TPSA) is 42.2 Å². The van der Waals surface area contributed by atoms with Crippen LogP contribution in [0, 0.1) is 0 Å². The molecule has 1 saturated heterocycles. The van der Waals surface area contributed by atoms with Gasteiger partial charge in [0.1, 0.15) is 5.58 Å². The molecule has 1 aliphatic heterocycles. The van der Waals surface area contributed by atoms with Crippen LogP contribution in [0.25, 0.3) is 11.0 Å². The zero-order chi connectivity index (χ0) is 12.4. The highest BCUT2D eigenvalue weighted by molar-refractivity contribution is 7.85. The van der Waals surface area contributed by atoms with Crippen LogP contribution in [0.15, 0.2) is 34.9 Å². The molecule has 0 radical (unpaired) electrons. The molecule has 1 aliphatic rings. The zero-order valence-corrected chi connectivity index (χ0v) is 11.0. The van der Waals surface area contributed by atoms with Gasteiger partial charge in [0.25, 0.3) is 0 Å². The van der Waals surface area contributed by atoms with Crippen molar-refractivity contribution in [3.8, 4) is 0 Å². The molecule has 0 bridgehead atoms. The summed E-state index contributed by atoms with van der Waals surface area (Å²) in [6.45, 7) is 0.828. The van der Waals surface area contributed by atoms with Gasteiger partial charge in [-0.2, -0.15) is 0 Å². The van der Waals surface area contributed by atoms with Crippen molar-refractivity contribution in [2.75, 3.05) is 11.5 Å². The minimum atomic E-state index is -0.582. The Morgan fingerprint density at radius 2 is 2.06 bits per heavy atom. The summed E-state index contributed by atoms with van der Waals surface area (Å²) in [5.74, 6) is 1.67. The van der Waals surface area contributed by atoms with Crippen molar-refractivity contribution < 1.29 is 8.63 Å². The van der Waals surface area contributed by atoms with Gasteiger partial charge in [-0.15, -0.1) is 0 Å². The van der Waals surface area contributed by atoms with Gasteiger partial charge in [0.2, 0.25) is 0 Å². The molecule has 1 aromatic carbocycles. The maximum Gasteiger partial charge on any atom is 0.134 e. The summed E-state index contributed by atoms with van der Waals surface area (Å²) in [5.41, 5.74) is 2.15. The SMILES string of the molecule is O=S1CCC(NCc2coc3ccccc23)CC1. The first-order valence-corrected chi connectivity index (χ1v) is 7.85. The van der Waals surface area contributed by atoms with Gasteiger partial charge in [0.15, 0.2) is 0 Å². The summed E-state index contributed by atoms with van der Waals surface area (Å²) in [4.78, 5) is 0. The summed E-state index contributed by atoms with van der Waals surface area (Å²) in [6.07, 6.45) is 3.86. The lowest BCUT2D eigenvalue weighted by Crippen LogP contribution is -2.35. The lowest BCUT2D eigenvalue weighted by molar-refractivity contribution is 0.473. The van der Waals surface area contributed by atoms with E-state index >= 15 is 0 Å². The van der Waals surface area contributed by atoms with Crippen LogP contribution in [0.4, 0.5) is 0 Å². The minimum Gasteiger partial charge on any atom is -0.464 e. The summed E-state index contributed by atoms with van der Waals surface area (Å²) >= 11 is 0. The molecular formula is C14H17NO2S. The predicted molar refractivity (Wildman–Crippen MR) is 74.0 cm³/mol. The maximum atomic E-state index is 11.3. The molecule has 3 nitrogen and oxygen atoms in total. The van der Waals surface area contributed by atoms with Crippen molar-refractivity contribution in [2.45, 2.75) is 25.4 Å². The normalized spacial score (nSPS) is 24.4. The highest BCUT2D eigenvalue weighted by atomic mass is 32.2. The maximum absolute atomic E-state index is 11.3. The van der Waals surface area contributed by atoms with Crippen molar-refractivity contribution in [2.24, 2.45) is 0 Å². The monoisotopic (exact) mass is 263 g/mol. The number of nitrogens with one attached hydrogen (secondary N) is 1. The fourth-order valence-corrected chi connectivity index (χ4v) is 3.72. The van der Waals surface area contributed by atoms with Crippen molar-refractivity contribution >= 4 is 21.8 Å². The molecule has 0 saturated carbocycles. The predicted octanol–water partition coefficient (Wildman–Crippen LogP) is 2.43. The van der Waals surface area contributed by atoms with Gasteiger partial charge < -0.3 is 9.73 Å². The van der Waals surface area contributed by atoms with E-state index in [0.29, 0.717) is 6.04 Å². The van der Waals surface area contributed by atoms with Gasteiger partial charge in [-0.1, -0.05) is 18.2 Å². The highest BCUT2D eigenvalue weighted by Gasteiger charge is 2.17. The molecule has 0 atom stereocenters. The zero-order valence-electron chi connectivity index (χ0n) is 10.2. The van der Waals surface area contributed by atoms with Gasteiger partial charge in [0, 0.05) is 45.8 Å². The summed E-state index contributed by atoms with van der Waals surface area (Å²) < 4.78 is 16.8. The summed E-state index contributed by atoms with van der Waals surface area (Å²) in [6, 6.07) is 8.59. The molecule has 0 unspecified atom stereocenters. The average molecular weight is 263 g/mol. The summed E-state index contributed by atoms with van der Waals surface area (Å²) in [5, 5.41) is 4.73. The Bertz CT molecular complexity index is 554. The number of fused-ring (bicyclic) bond motifs is 1. The Morgan fingerprint density at radius 3 is 2.89 bits per heavy atom.